The van der Waals surface area contributed by atoms with Gasteiger partial charge >= 0.3 is 6.03 Å². The van der Waals surface area contributed by atoms with E-state index in [0.717, 1.165) is 17.9 Å². The average molecular weight is 316 g/mol. The fourth-order valence-electron chi connectivity index (χ4n) is 2.02. The van der Waals surface area contributed by atoms with Crippen LogP contribution in [0.1, 0.15) is 11.4 Å². The number of primary amides is 1. The number of hydrogen-bond donors (Lipinski definition) is 2. The molecule has 3 N–H and O–H groups in total. The summed E-state index contributed by atoms with van der Waals surface area (Å²) in [5.74, 6) is 0.361. The number of nitrogens with two attached hydrogens (primary N) is 1. The minimum Gasteiger partial charge on any atom is -0.351 e. The topological polar surface area (TPSA) is 106 Å². The molecule has 0 radical (unpaired) electrons. The van der Waals surface area contributed by atoms with Crippen LogP contribution in [0.4, 0.5) is 4.79 Å². The van der Waals surface area contributed by atoms with Gasteiger partial charge in [-0.25, -0.2) is 4.79 Å². The zero-order valence-corrected chi connectivity index (χ0v) is 13.0. The van der Waals surface area contributed by atoms with Crippen molar-refractivity contribution in [1.29, 1.82) is 0 Å². The van der Waals surface area contributed by atoms with Crippen LogP contribution in [-0.2, 0) is 24.3 Å². The molecule has 1 aromatic heterocycles. The summed E-state index contributed by atoms with van der Waals surface area (Å²) in [6.45, 7) is 0.886. The van der Waals surface area contributed by atoms with Gasteiger partial charge in [0.05, 0.1) is 6.54 Å². The monoisotopic (exact) mass is 316 g/mol. The second-order valence-corrected chi connectivity index (χ2v) is 5.15. The fourth-order valence-corrected chi connectivity index (χ4v) is 2.02. The normalized spacial score (nSPS) is 10.3. The smallest absolute Gasteiger partial charge is 0.314 e. The van der Waals surface area contributed by atoms with Crippen molar-refractivity contribution < 1.29 is 9.59 Å². The molecule has 0 unspecified atom stereocenters. The van der Waals surface area contributed by atoms with E-state index in [-0.39, 0.29) is 19.0 Å². The minimum absolute atomic E-state index is 0.0898. The van der Waals surface area contributed by atoms with E-state index in [1.165, 1.54) is 12.6 Å². The highest BCUT2D eigenvalue weighted by Gasteiger charge is 2.11. The predicted molar refractivity (Wildman–Crippen MR) is 84.2 cm³/mol. The van der Waals surface area contributed by atoms with Crippen molar-refractivity contribution in [3.05, 3.63) is 48.0 Å². The molecule has 0 fully saturated rings. The molecule has 1 aromatic carbocycles. The van der Waals surface area contributed by atoms with Crippen LogP contribution in [0, 0.1) is 0 Å². The second-order valence-electron chi connectivity index (χ2n) is 5.15. The second kappa shape index (κ2) is 7.92. The Bertz CT molecular complexity index is 655. The number of carbonyl (C=O) groups excluding carboxylic acids is 2. The molecule has 0 aliphatic rings. The molecular weight excluding hydrogens is 296 g/mol. The minimum atomic E-state index is -0.647. The highest BCUT2D eigenvalue weighted by molar-refractivity contribution is 5.83. The number of aryl methyl sites for hydroxylation is 2. The number of nitrogens with one attached hydrogen (secondary N) is 1. The SMILES string of the molecule is CN(CC(=O)NCc1nncn1CCc1ccccc1)C(N)=O. The zero-order chi connectivity index (χ0) is 16.7. The number of benzene rings is 1. The number of amides is 3. The predicted octanol–water partition coefficient (Wildman–Crippen LogP) is 0.148. The summed E-state index contributed by atoms with van der Waals surface area (Å²) in [6.07, 6.45) is 2.49. The third-order valence-corrected chi connectivity index (χ3v) is 3.38. The summed E-state index contributed by atoms with van der Waals surface area (Å²) in [5, 5.41) is 10.6. The van der Waals surface area contributed by atoms with Gasteiger partial charge in [-0.1, -0.05) is 30.3 Å². The van der Waals surface area contributed by atoms with E-state index in [0.29, 0.717) is 5.82 Å². The van der Waals surface area contributed by atoms with E-state index >= 15 is 0 Å². The number of likely N-dealkylation sites (N-methyl/N-ethyl adjacent to an activating group) is 1. The zero-order valence-electron chi connectivity index (χ0n) is 13.0. The van der Waals surface area contributed by atoms with Crippen molar-refractivity contribution in [3.63, 3.8) is 0 Å². The molecule has 0 aliphatic heterocycles. The molecule has 0 saturated heterocycles. The van der Waals surface area contributed by atoms with E-state index < -0.39 is 6.03 Å². The summed E-state index contributed by atoms with van der Waals surface area (Å²) >= 11 is 0. The molecule has 2 rings (SSSR count). The van der Waals surface area contributed by atoms with Crippen LogP contribution in [0.3, 0.4) is 0 Å². The first-order valence-electron chi connectivity index (χ1n) is 7.24. The molecule has 8 nitrogen and oxygen atoms in total. The molecule has 3 amide bonds. The Balaban J connectivity index is 1.84. The van der Waals surface area contributed by atoms with Crippen molar-refractivity contribution >= 4 is 11.9 Å². The van der Waals surface area contributed by atoms with Gasteiger partial charge in [-0.05, 0) is 12.0 Å². The van der Waals surface area contributed by atoms with Crippen LogP contribution >= 0.6 is 0 Å². The number of rotatable bonds is 7. The van der Waals surface area contributed by atoms with Gasteiger partial charge in [-0.3, -0.25) is 4.79 Å². The Kier molecular flexibility index (Phi) is 5.67. The summed E-state index contributed by atoms with van der Waals surface area (Å²) < 4.78 is 1.89. The Labute approximate surface area is 134 Å². The number of aromatic nitrogens is 3. The van der Waals surface area contributed by atoms with E-state index in [1.807, 2.05) is 22.8 Å². The van der Waals surface area contributed by atoms with Gasteiger partial charge in [0.15, 0.2) is 5.82 Å². The Morgan fingerprint density at radius 3 is 2.74 bits per heavy atom. The summed E-state index contributed by atoms with van der Waals surface area (Å²) in [6, 6.07) is 9.45. The maximum atomic E-state index is 11.7. The third-order valence-electron chi connectivity index (χ3n) is 3.38. The average Bonchev–Trinajstić information content (AvgIpc) is 2.99. The Morgan fingerprint density at radius 1 is 1.30 bits per heavy atom. The molecular formula is C15H20N6O2. The van der Waals surface area contributed by atoms with Gasteiger partial charge in [0.2, 0.25) is 5.91 Å². The Morgan fingerprint density at radius 2 is 2.04 bits per heavy atom. The van der Waals surface area contributed by atoms with Gasteiger partial charge in [0, 0.05) is 13.6 Å². The summed E-state index contributed by atoms with van der Waals surface area (Å²) in [5.41, 5.74) is 6.30. The molecule has 0 spiro atoms. The van der Waals surface area contributed by atoms with Crippen LogP contribution < -0.4 is 11.1 Å². The van der Waals surface area contributed by atoms with Gasteiger partial charge in [-0.15, -0.1) is 10.2 Å². The van der Waals surface area contributed by atoms with E-state index in [1.54, 1.807) is 6.33 Å². The maximum Gasteiger partial charge on any atom is 0.314 e. The van der Waals surface area contributed by atoms with Gasteiger partial charge in [0.1, 0.15) is 12.9 Å². The van der Waals surface area contributed by atoms with Gasteiger partial charge < -0.3 is 20.5 Å². The first-order valence-corrected chi connectivity index (χ1v) is 7.24. The first-order chi connectivity index (χ1) is 11.1. The molecule has 0 aliphatic carbocycles. The highest BCUT2D eigenvalue weighted by atomic mass is 16.2. The maximum absolute atomic E-state index is 11.7. The number of carbonyl (C=O) groups is 2. The summed E-state index contributed by atoms with van der Waals surface area (Å²) in [4.78, 5) is 23.7. The lowest BCUT2D eigenvalue weighted by atomic mass is 10.1. The molecule has 2 aromatic rings. The van der Waals surface area contributed by atoms with Crippen LogP contribution in [0.5, 0.6) is 0 Å². The molecule has 122 valence electrons. The van der Waals surface area contributed by atoms with Crippen LogP contribution in [0.2, 0.25) is 0 Å². The van der Waals surface area contributed by atoms with E-state index in [9.17, 15) is 9.59 Å². The van der Waals surface area contributed by atoms with Crippen LogP contribution in [0.15, 0.2) is 36.7 Å². The standard InChI is InChI=1S/C15H20N6O2/c1-20(15(16)23)10-14(22)17-9-13-19-18-11-21(13)8-7-12-5-3-2-4-6-12/h2-6,11H,7-10H2,1H3,(H2,16,23)(H,17,22). The molecule has 1 heterocycles. The third kappa shape index (κ3) is 5.10. The molecule has 0 bridgehead atoms. The van der Waals surface area contributed by atoms with Crippen LogP contribution in [-0.4, -0.2) is 45.2 Å². The molecule has 0 saturated carbocycles. The van der Waals surface area contributed by atoms with E-state index in [2.05, 4.69) is 27.6 Å². The van der Waals surface area contributed by atoms with Crippen molar-refractivity contribution in [3.8, 4) is 0 Å². The van der Waals surface area contributed by atoms with Gasteiger partial charge in [0.25, 0.3) is 0 Å². The summed E-state index contributed by atoms with van der Waals surface area (Å²) in [7, 11) is 1.46. The lowest BCUT2D eigenvalue weighted by molar-refractivity contribution is -0.121. The molecule has 8 heteroatoms. The lowest BCUT2D eigenvalue weighted by Crippen LogP contribution is -2.40. The Hall–Kier alpha value is -2.90. The number of hydrogen-bond acceptors (Lipinski definition) is 4. The van der Waals surface area contributed by atoms with E-state index in [4.69, 9.17) is 5.73 Å². The van der Waals surface area contributed by atoms with Crippen molar-refractivity contribution in [2.24, 2.45) is 5.73 Å². The quantitative estimate of drug-likeness (QED) is 0.758. The number of nitrogens with zero attached hydrogens (tertiary/aromatic N) is 4. The fraction of sp³-hybridized carbons (Fsp3) is 0.333. The van der Waals surface area contributed by atoms with Gasteiger partial charge in [-0.2, -0.15) is 0 Å². The van der Waals surface area contributed by atoms with Crippen LogP contribution in [0.25, 0.3) is 0 Å². The lowest BCUT2D eigenvalue weighted by Gasteiger charge is -2.13. The highest BCUT2D eigenvalue weighted by Crippen LogP contribution is 2.03. The largest absolute Gasteiger partial charge is 0.351 e. The molecule has 0 atom stereocenters. The van der Waals surface area contributed by atoms with Crippen molar-refractivity contribution in [2.75, 3.05) is 13.6 Å². The van der Waals surface area contributed by atoms with Crippen molar-refractivity contribution in [2.45, 2.75) is 19.5 Å². The first kappa shape index (κ1) is 16.5. The molecule has 23 heavy (non-hydrogen) atoms. The number of urea groups is 1. The van der Waals surface area contributed by atoms with Crippen molar-refractivity contribution in [1.82, 2.24) is 25.0 Å².